The van der Waals surface area contributed by atoms with Gasteiger partial charge in [0.15, 0.2) is 0 Å². The lowest BCUT2D eigenvalue weighted by atomic mass is 10.0. The molecule has 0 radical (unpaired) electrons. The average molecular weight is 284 g/mol. The van der Waals surface area contributed by atoms with Crippen LogP contribution in [0.1, 0.15) is 12.5 Å². The molecule has 0 bridgehead atoms. The lowest BCUT2D eigenvalue weighted by Gasteiger charge is -2.35. The van der Waals surface area contributed by atoms with Crippen molar-refractivity contribution in [2.75, 3.05) is 0 Å². The predicted octanol–water partition coefficient (Wildman–Crippen LogP) is 1.64. The number of rotatable bonds is 1. The molecule has 2 rings (SSSR count). The first kappa shape index (κ1) is 10.9. The molecule has 1 saturated heterocycles. The van der Waals surface area contributed by atoms with Crippen LogP contribution >= 0.6 is 15.9 Å². The van der Waals surface area contributed by atoms with Crippen LogP contribution in [-0.2, 0) is 5.66 Å². The van der Waals surface area contributed by atoms with E-state index in [0.29, 0.717) is 0 Å². The number of hydrogen-bond donors (Lipinski definition) is 3. The van der Waals surface area contributed by atoms with Gasteiger partial charge in [-0.1, -0.05) is 28.1 Å². The fourth-order valence-electron chi connectivity index (χ4n) is 1.59. The Kier molecular flexibility index (Phi) is 2.59. The Labute approximate surface area is 101 Å². The molecule has 1 aliphatic heterocycles. The minimum Gasteiger partial charge on any atom is -0.311 e. The Morgan fingerprint density at radius 3 is 2.38 bits per heavy atom. The van der Waals surface area contributed by atoms with Gasteiger partial charge in [-0.25, -0.2) is 9.59 Å². The number of carbonyl (C=O) groups excluding carboxylic acids is 2. The number of nitrogens with one attached hydrogen (secondary N) is 3. The van der Waals surface area contributed by atoms with Crippen LogP contribution in [0.15, 0.2) is 28.7 Å². The molecule has 1 fully saturated rings. The fourth-order valence-corrected chi connectivity index (χ4v) is 1.99. The van der Waals surface area contributed by atoms with Crippen molar-refractivity contribution in [2.24, 2.45) is 0 Å². The molecule has 1 aliphatic rings. The second kappa shape index (κ2) is 3.79. The van der Waals surface area contributed by atoms with E-state index in [-0.39, 0.29) is 0 Å². The van der Waals surface area contributed by atoms with Crippen LogP contribution in [0.4, 0.5) is 9.59 Å². The zero-order chi connectivity index (χ0) is 11.8. The summed E-state index contributed by atoms with van der Waals surface area (Å²) in [4.78, 5) is 22.5. The van der Waals surface area contributed by atoms with Gasteiger partial charge in [-0.2, -0.15) is 0 Å². The topological polar surface area (TPSA) is 70.2 Å². The summed E-state index contributed by atoms with van der Waals surface area (Å²) in [6, 6.07) is 6.36. The standard InChI is InChI=1S/C10H10BrN3O2/c1-10(6-3-2-4-7(11)5-6)13-8(15)12-9(16)14-10/h2-5H,1H3,(H3,12,13,14,15,16). The van der Waals surface area contributed by atoms with Gasteiger partial charge in [-0.05, 0) is 24.6 Å². The van der Waals surface area contributed by atoms with Gasteiger partial charge in [0.2, 0.25) is 0 Å². The summed E-state index contributed by atoms with van der Waals surface area (Å²) in [7, 11) is 0. The molecule has 0 aliphatic carbocycles. The van der Waals surface area contributed by atoms with E-state index in [4.69, 9.17) is 0 Å². The highest BCUT2D eigenvalue weighted by Crippen LogP contribution is 2.22. The number of hydrogen-bond acceptors (Lipinski definition) is 2. The largest absolute Gasteiger partial charge is 0.324 e. The van der Waals surface area contributed by atoms with Crippen molar-refractivity contribution in [1.29, 1.82) is 0 Å². The van der Waals surface area contributed by atoms with Crippen LogP contribution in [0, 0.1) is 0 Å². The first-order valence-electron chi connectivity index (χ1n) is 4.67. The third-order valence-electron chi connectivity index (χ3n) is 2.36. The van der Waals surface area contributed by atoms with Crippen molar-refractivity contribution >= 4 is 28.0 Å². The Bertz CT molecular complexity index is 445. The second-order valence-electron chi connectivity index (χ2n) is 3.67. The Morgan fingerprint density at radius 2 is 1.81 bits per heavy atom. The predicted molar refractivity (Wildman–Crippen MR) is 61.7 cm³/mol. The summed E-state index contributed by atoms with van der Waals surface area (Å²) in [5.41, 5.74) is -0.0894. The molecule has 84 valence electrons. The maximum atomic E-state index is 11.3. The maximum absolute atomic E-state index is 11.3. The van der Waals surface area contributed by atoms with Crippen LogP contribution in [0.25, 0.3) is 0 Å². The minimum atomic E-state index is -0.886. The quantitative estimate of drug-likeness (QED) is 0.733. The molecule has 1 aromatic carbocycles. The molecular weight excluding hydrogens is 274 g/mol. The maximum Gasteiger partial charge on any atom is 0.324 e. The number of carbonyl (C=O) groups is 2. The van der Waals surface area contributed by atoms with Crippen molar-refractivity contribution in [2.45, 2.75) is 12.6 Å². The summed E-state index contributed by atoms with van der Waals surface area (Å²) >= 11 is 3.34. The SMILES string of the molecule is CC1(c2cccc(Br)c2)NC(=O)NC(=O)N1. The van der Waals surface area contributed by atoms with E-state index in [9.17, 15) is 9.59 Å². The molecule has 0 saturated carbocycles. The Morgan fingerprint density at radius 1 is 1.19 bits per heavy atom. The Hall–Kier alpha value is -1.56. The summed E-state index contributed by atoms with van der Waals surface area (Å²) in [5.74, 6) is 0. The van der Waals surface area contributed by atoms with Crippen molar-refractivity contribution in [1.82, 2.24) is 16.0 Å². The molecule has 3 N–H and O–H groups in total. The molecule has 0 atom stereocenters. The number of urea groups is 2. The highest BCUT2D eigenvalue weighted by molar-refractivity contribution is 9.10. The summed E-state index contributed by atoms with van der Waals surface area (Å²) < 4.78 is 0.883. The van der Waals surface area contributed by atoms with Gasteiger partial charge < -0.3 is 10.6 Å². The fraction of sp³-hybridized carbons (Fsp3) is 0.200. The summed E-state index contributed by atoms with van der Waals surface area (Å²) in [6.45, 7) is 1.73. The van der Waals surface area contributed by atoms with Crippen LogP contribution in [0.5, 0.6) is 0 Å². The number of halogens is 1. The number of amides is 4. The third-order valence-corrected chi connectivity index (χ3v) is 2.85. The third kappa shape index (κ3) is 2.01. The van der Waals surface area contributed by atoms with Gasteiger partial charge in [0, 0.05) is 4.47 Å². The van der Waals surface area contributed by atoms with E-state index < -0.39 is 17.7 Å². The molecular formula is C10H10BrN3O2. The molecule has 0 unspecified atom stereocenters. The van der Waals surface area contributed by atoms with Gasteiger partial charge in [0.05, 0.1) is 0 Å². The first-order chi connectivity index (χ1) is 7.49. The van der Waals surface area contributed by atoms with Crippen molar-refractivity contribution < 1.29 is 9.59 Å². The summed E-state index contributed by atoms with van der Waals surface area (Å²) in [6.07, 6.45) is 0. The number of imide groups is 1. The zero-order valence-electron chi connectivity index (χ0n) is 8.50. The highest BCUT2D eigenvalue weighted by atomic mass is 79.9. The molecule has 16 heavy (non-hydrogen) atoms. The summed E-state index contributed by atoms with van der Waals surface area (Å²) in [5, 5.41) is 7.43. The van der Waals surface area contributed by atoms with Crippen molar-refractivity contribution in [3.05, 3.63) is 34.3 Å². The monoisotopic (exact) mass is 283 g/mol. The van der Waals surface area contributed by atoms with Crippen LogP contribution in [-0.4, -0.2) is 12.1 Å². The van der Waals surface area contributed by atoms with E-state index in [1.54, 1.807) is 6.92 Å². The normalized spacial score (nSPS) is 18.4. The molecule has 0 aromatic heterocycles. The van der Waals surface area contributed by atoms with E-state index >= 15 is 0 Å². The van der Waals surface area contributed by atoms with E-state index in [0.717, 1.165) is 10.0 Å². The second-order valence-corrected chi connectivity index (χ2v) is 4.58. The average Bonchev–Trinajstić information content (AvgIpc) is 2.15. The highest BCUT2D eigenvalue weighted by Gasteiger charge is 2.35. The first-order valence-corrected chi connectivity index (χ1v) is 5.46. The van der Waals surface area contributed by atoms with Crippen LogP contribution < -0.4 is 16.0 Å². The molecule has 5 nitrogen and oxygen atoms in total. The van der Waals surface area contributed by atoms with E-state index in [2.05, 4.69) is 31.9 Å². The van der Waals surface area contributed by atoms with Gasteiger partial charge in [0.1, 0.15) is 5.66 Å². The van der Waals surface area contributed by atoms with Gasteiger partial charge in [-0.15, -0.1) is 0 Å². The van der Waals surface area contributed by atoms with Gasteiger partial charge in [0.25, 0.3) is 0 Å². The van der Waals surface area contributed by atoms with E-state index in [1.165, 1.54) is 0 Å². The molecule has 1 aromatic rings. The van der Waals surface area contributed by atoms with Crippen LogP contribution in [0.3, 0.4) is 0 Å². The molecule has 0 spiro atoms. The minimum absolute atomic E-state index is 0.508. The van der Waals surface area contributed by atoms with Crippen LogP contribution in [0.2, 0.25) is 0 Å². The van der Waals surface area contributed by atoms with E-state index in [1.807, 2.05) is 24.3 Å². The van der Waals surface area contributed by atoms with Gasteiger partial charge >= 0.3 is 12.1 Å². The Balaban J connectivity index is 2.37. The zero-order valence-corrected chi connectivity index (χ0v) is 10.1. The van der Waals surface area contributed by atoms with Crippen molar-refractivity contribution in [3.8, 4) is 0 Å². The molecule has 6 heteroatoms. The molecule has 1 heterocycles. The van der Waals surface area contributed by atoms with Gasteiger partial charge in [-0.3, -0.25) is 5.32 Å². The number of benzene rings is 1. The molecule has 4 amide bonds. The smallest absolute Gasteiger partial charge is 0.311 e. The lowest BCUT2D eigenvalue weighted by molar-refractivity contribution is 0.188. The lowest BCUT2D eigenvalue weighted by Crippen LogP contribution is -2.66. The van der Waals surface area contributed by atoms with Crippen molar-refractivity contribution in [3.63, 3.8) is 0 Å².